The smallest absolute Gasteiger partial charge is 0.172 e. The van der Waals surface area contributed by atoms with Gasteiger partial charge in [0.15, 0.2) is 6.29 Å². The maximum absolute atomic E-state index is 6.09. The van der Waals surface area contributed by atoms with Crippen LogP contribution in [0.5, 0.6) is 0 Å². The molecular weight excluding hydrogens is 184 g/mol. The molecular formula is C9H18N2O3. The zero-order chi connectivity index (χ0) is 10.2. The Morgan fingerprint density at radius 2 is 2.07 bits per heavy atom. The molecule has 2 heterocycles. The van der Waals surface area contributed by atoms with Crippen molar-refractivity contribution in [3.63, 3.8) is 0 Å². The van der Waals surface area contributed by atoms with Gasteiger partial charge in [-0.2, -0.15) is 0 Å². The molecule has 0 spiro atoms. The maximum Gasteiger partial charge on any atom is 0.172 e. The molecule has 0 saturated carbocycles. The van der Waals surface area contributed by atoms with Crippen molar-refractivity contribution in [2.45, 2.75) is 36.8 Å². The molecule has 0 amide bonds. The van der Waals surface area contributed by atoms with E-state index in [1.165, 1.54) is 0 Å². The van der Waals surface area contributed by atoms with Gasteiger partial charge in [0.25, 0.3) is 0 Å². The summed E-state index contributed by atoms with van der Waals surface area (Å²) in [5.41, 5.74) is 11.6. The molecule has 14 heavy (non-hydrogen) atoms. The van der Waals surface area contributed by atoms with Crippen molar-refractivity contribution in [1.29, 1.82) is 0 Å². The molecule has 2 unspecified atom stereocenters. The molecule has 0 aromatic heterocycles. The van der Waals surface area contributed by atoms with E-state index in [1.54, 1.807) is 7.11 Å². The first-order chi connectivity index (χ1) is 6.65. The minimum absolute atomic E-state index is 0.0148. The molecule has 2 fully saturated rings. The van der Waals surface area contributed by atoms with Crippen LogP contribution in [-0.4, -0.2) is 44.3 Å². The number of methoxy groups -OCH3 is 1. The fourth-order valence-electron chi connectivity index (χ4n) is 1.99. The molecule has 5 heteroatoms. The summed E-state index contributed by atoms with van der Waals surface area (Å²) in [5.74, 6) is 0. The summed E-state index contributed by atoms with van der Waals surface area (Å²) in [5, 5.41) is 0. The number of hydrogen-bond acceptors (Lipinski definition) is 5. The van der Waals surface area contributed by atoms with Crippen molar-refractivity contribution in [2.75, 3.05) is 20.3 Å². The van der Waals surface area contributed by atoms with E-state index in [-0.39, 0.29) is 24.0 Å². The van der Waals surface area contributed by atoms with E-state index in [0.29, 0.717) is 13.2 Å². The lowest BCUT2D eigenvalue weighted by Crippen LogP contribution is -2.68. The van der Waals surface area contributed by atoms with E-state index in [2.05, 4.69) is 0 Å². The molecule has 2 aliphatic rings. The number of ether oxygens (including phenoxy) is 3. The fraction of sp³-hybridized carbons (Fsp3) is 1.00. The van der Waals surface area contributed by atoms with Gasteiger partial charge < -0.3 is 25.7 Å². The molecule has 82 valence electrons. The first-order valence-electron chi connectivity index (χ1n) is 4.96. The van der Waals surface area contributed by atoms with E-state index < -0.39 is 0 Å². The first kappa shape index (κ1) is 10.3. The van der Waals surface area contributed by atoms with E-state index in [1.807, 2.05) is 0 Å². The van der Waals surface area contributed by atoms with Crippen LogP contribution in [0, 0.1) is 0 Å². The molecule has 0 bridgehead atoms. The Morgan fingerprint density at radius 1 is 1.36 bits per heavy atom. The summed E-state index contributed by atoms with van der Waals surface area (Å²) in [6.07, 6.45) is 1.47. The van der Waals surface area contributed by atoms with Gasteiger partial charge >= 0.3 is 0 Å². The van der Waals surface area contributed by atoms with E-state index in [9.17, 15) is 0 Å². The van der Waals surface area contributed by atoms with Crippen LogP contribution in [0.4, 0.5) is 0 Å². The van der Waals surface area contributed by atoms with Crippen LogP contribution in [0.3, 0.4) is 0 Å². The molecule has 2 aliphatic heterocycles. The Balaban J connectivity index is 1.95. The maximum atomic E-state index is 6.09. The van der Waals surface area contributed by atoms with Crippen LogP contribution in [0.1, 0.15) is 12.8 Å². The third-order valence-electron chi connectivity index (χ3n) is 3.03. The van der Waals surface area contributed by atoms with Crippen molar-refractivity contribution in [3.8, 4) is 0 Å². The Labute approximate surface area is 83.7 Å². The average molecular weight is 202 g/mol. The van der Waals surface area contributed by atoms with Crippen molar-refractivity contribution in [3.05, 3.63) is 0 Å². The van der Waals surface area contributed by atoms with E-state index >= 15 is 0 Å². The highest BCUT2D eigenvalue weighted by molar-refractivity contribution is 5.00. The summed E-state index contributed by atoms with van der Waals surface area (Å²) in [6.45, 7) is 1.15. The average Bonchev–Trinajstić information content (AvgIpc) is 2.15. The minimum atomic E-state index is -0.324. The highest BCUT2D eigenvalue weighted by Crippen LogP contribution is 2.29. The topological polar surface area (TPSA) is 79.7 Å². The number of hydrogen-bond donors (Lipinski definition) is 2. The second-order valence-electron chi connectivity index (χ2n) is 4.20. The van der Waals surface area contributed by atoms with Gasteiger partial charge in [-0.15, -0.1) is 0 Å². The van der Waals surface area contributed by atoms with Crippen LogP contribution < -0.4 is 11.5 Å². The first-order valence-corrected chi connectivity index (χ1v) is 4.96. The van der Waals surface area contributed by atoms with Gasteiger partial charge in [0.2, 0.25) is 0 Å². The molecule has 0 aliphatic carbocycles. The highest BCUT2D eigenvalue weighted by Gasteiger charge is 2.46. The largest absolute Gasteiger partial charge is 0.377 e. The molecule has 4 N–H and O–H groups in total. The predicted molar refractivity (Wildman–Crippen MR) is 50.6 cm³/mol. The Morgan fingerprint density at radius 3 is 2.57 bits per heavy atom. The van der Waals surface area contributed by atoms with Gasteiger partial charge in [-0.25, -0.2) is 0 Å². The van der Waals surface area contributed by atoms with Crippen molar-refractivity contribution in [2.24, 2.45) is 11.5 Å². The van der Waals surface area contributed by atoms with Crippen LogP contribution in [0.25, 0.3) is 0 Å². The van der Waals surface area contributed by atoms with Crippen LogP contribution in [-0.2, 0) is 14.2 Å². The Hall–Kier alpha value is -0.200. The van der Waals surface area contributed by atoms with Crippen LogP contribution in [0.15, 0.2) is 0 Å². The van der Waals surface area contributed by atoms with Gasteiger partial charge in [-0.1, -0.05) is 0 Å². The van der Waals surface area contributed by atoms with Crippen molar-refractivity contribution in [1.82, 2.24) is 0 Å². The van der Waals surface area contributed by atoms with Crippen molar-refractivity contribution < 1.29 is 14.2 Å². The lowest BCUT2D eigenvalue weighted by atomic mass is 9.86. The van der Waals surface area contributed by atoms with Crippen molar-refractivity contribution >= 4 is 0 Å². The lowest BCUT2D eigenvalue weighted by Gasteiger charge is -2.47. The SMILES string of the molecule is CO[C@H]1OC(C2(N)COC2)CCC1N. The van der Waals surface area contributed by atoms with E-state index in [4.69, 9.17) is 25.7 Å². The van der Waals surface area contributed by atoms with Gasteiger partial charge in [0, 0.05) is 7.11 Å². The second kappa shape index (κ2) is 3.75. The summed E-state index contributed by atoms with van der Waals surface area (Å²) in [6, 6.07) is -0.0409. The molecule has 0 aromatic rings. The normalized spacial score (nSPS) is 41.8. The third-order valence-corrected chi connectivity index (χ3v) is 3.03. The summed E-state index contributed by atoms with van der Waals surface area (Å²) < 4.78 is 16.0. The second-order valence-corrected chi connectivity index (χ2v) is 4.20. The molecule has 0 aromatic carbocycles. The highest BCUT2D eigenvalue weighted by atomic mass is 16.7. The Kier molecular flexibility index (Phi) is 2.77. The number of nitrogens with two attached hydrogens (primary N) is 2. The summed E-state index contributed by atoms with van der Waals surface area (Å²) in [4.78, 5) is 0. The number of rotatable bonds is 2. The van der Waals surface area contributed by atoms with Gasteiger partial charge in [-0.05, 0) is 12.8 Å². The molecule has 0 radical (unpaired) electrons. The summed E-state index contributed by atoms with van der Waals surface area (Å²) >= 11 is 0. The zero-order valence-corrected chi connectivity index (χ0v) is 8.44. The molecule has 5 nitrogen and oxygen atoms in total. The van der Waals surface area contributed by atoms with Gasteiger partial charge in [0.1, 0.15) is 0 Å². The van der Waals surface area contributed by atoms with Crippen LogP contribution >= 0.6 is 0 Å². The van der Waals surface area contributed by atoms with Crippen LogP contribution in [0.2, 0.25) is 0 Å². The third kappa shape index (κ3) is 1.66. The fourth-order valence-corrected chi connectivity index (χ4v) is 1.99. The Bertz CT molecular complexity index is 208. The minimum Gasteiger partial charge on any atom is -0.377 e. The standard InChI is InChI=1S/C9H18N2O3/c1-12-8-6(10)2-3-7(14-8)9(11)4-13-5-9/h6-8H,2-5,10-11H2,1H3/t6?,7?,8-/m0/s1. The molecule has 2 rings (SSSR count). The van der Waals surface area contributed by atoms with Gasteiger partial charge in [0.05, 0.1) is 30.9 Å². The zero-order valence-electron chi connectivity index (χ0n) is 8.44. The lowest BCUT2D eigenvalue weighted by molar-refractivity contribution is -0.234. The van der Waals surface area contributed by atoms with Gasteiger partial charge in [-0.3, -0.25) is 0 Å². The monoisotopic (exact) mass is 202 g/mol. The summed E-state index contributed by atoms with van der Waals surface area (Å²) in [7, 11) is 1.60. The molecule has 2 saturated heterocycles. The predicted octanol–water partition coefficient (Wildman–Crippen LogP) is -0.807. The molecule has 3 atom stereocenters. The quantitative estimate of drug-likeness (QED) is 0.612. The van der Waals surface area contributed by atoms with E-state index in [0.717, 1.165) is 12.8 Å².